The highest BCUT2D eigenvalue weighted by Crippen LogP contribution is 2.39. The molecule has 2 aromatic carbocycles. The Kier molecular flexibility index (Phi) is 11.0. The molecule has 4 amide bonds. The summed E-state index contributed by atoms with van der Waals surface area (Å²) in [5.41, 5.74) is 2.13. The smallest absolute Gasteiger partial charge is 0.419 e. The number of methoxy groups -OCH3 is 1. The Morgan fingerprint density at radius 2 is 1.70 bits per heavy atom. The maximum Gasteiger partial charge on any atom is 0.419 e. The van der Waals surface area contributed by atoms with E-state index in [1.165, 1.54) is 37.3 Å². The van der Waals surface area contributed by atoms with Crippen LogP contribution in [0.4, 0.5) is 52.2 Å². The summed E-state index contributed by atoms with van der Waals surface area (Å²) in [5.74, 6) is -0.0866. The minimum Gasteiger partial charge on any atom is -0.494 e. The van der Waals surface area contributed by atoms with Gasteiger partial charge in [0.1, 0.15) is 11.6 Å². The molecule has 2 aromatic heterocycles. The Morgan fingerprint density at radius 1 is 0.943 bits per heavy atom. The van der Waals surface area contributed by atoms with Crippen LogP contribution in [-0.2, 0) is 17.5 Å². The van der Waals surface area contributed by atoms with Crippen molar-refractivity contribution in [3.63, 3.8) is 0 Å². The fourth-order valence-corrected chi connectivity index (χ4v) is 6.47. The van der Waals surface area contributed by atoms with Crippen molar-refractivity contribution in [2.75, 3.05) is 61.3 Å². The topological polar surface area (TPSA) is 144 Å². The highest BCUT2D eigenvalue weighted by atomic mass is 19.4. The van der Waals surface area contributed by atoms with Crippen LogP contribution in [0.5, 0.6) is 5.75 Å². The molecule has 2 aliphatic rings. The number of carbonyl (C=O) groups is 3. The lowest BCUT2D eigenvalue weighted by molar-refractivity contribution is -0.137. The number of carbonyl (C=O) groups excluding carboxylic acids is 3. The van der Waals surface area contributed by atoms with Crippen molar-refractivity contribution in [1.82, 2.24) is 25.5 Å². The quantitative estimate of drug-likeness (QED) is 0.147. The average Bonchev–Trinajstić information content (AvgIpc) is 3.15. The number of rotatable bonds is 11. The summed E-state index contributed by atoms with van der Waals surface area (Å²) in [6, 6.07) is 16.8. The number of piperidine rings is 1. The van der Waals surface area contributed by atoms with Crippen LogP contribution < -0.4 is 35.8 Å². The molecule has 2 aliphatic heterocycles. The molecule has 0 radical (unpaired) electrons. The number of hydrogen-bond donors (Lipinski definition) is 4. The van der Waals surface area contributed by atoms with Crippen molar-refractivity contribution in [1.29, 1.82) is 0 Å². The minimum atomic E-state index is -4.70. The number of anilines is 6. The summed E-state index contributed by atoms with van der Waals surface area (Å²) in [5, 5.41) is 10.7. The maximum absolute atomic E-state index is 14.0. The van der Waals surface area contributed by atoms with E-state index in [-0.39, 0.29) is 35.1 Å². The molecule has 2 saturated heterocycles. The number of hydrogen-bond acceptors (Lipinski definition) is 10. The average molecular weight is 732 g/mol. The Balaban J connectivity index is 1.09. The second kappa shape index (κ2) is 15.8. The molecule has 2 fully saturated rings. The predicted octanol–water partition coefficient (Wildman–Crippen LogP) is 5.90. The highest BCUT2D eigenvalue weighted by molar-refractivity contribution is 6.05. The third-order valence-corrected chi connectivity index (χ3v) is 9.36. The first-order valence-corrected chi connectivity index (χ1v) is 17.1. The molecule has 0 unspecified atom stereocenters. The standard InChI is InChI=1S/C37H40F3N9O4/c1-41-35(51)27-6-4-5-7-29(27)44-31-19-33(43-21-28(31)37(38,39)40)45-30-11-10-25(18-32(30)53-3)48-15-12-24(13-16-48)47(2)22-23-8-9-26(20-42-23)49-17-14-34(50)46-36(49)52/h4-11,18-21,24H,12-17,22H2,1-3H3,(H,41,51)(H2,43,44,45)(H,46,50,52). The molecular weight excluding hydrogens is 691 g/mol. The number of para-hydroxylation sites is 1. The Bertz CT molecular complexity index is 1970. The molecule has 6 rings (SSSR count). The molecule has 0 spiro atoms. The normalized spacial score (nSPS) is 15.3. The third-order valence-electron chi connectivity index (χ3n) is 9.36. The summed E-state index contributed by atoms with van der Waals surface area (Å²) >= 11 is 0. The highest BCUT2D eigenvalue weighted by Gasteiger charge is 2.35. The zero-order valence-corrected chi connectivity index (χ0v) is 29.5. The molecule has 4 aromatic rings. The zero-order chi connectivity index (χ0) is 37.7. The number of amides is 4. The zero-order valence-electron chi connectivity index (χ0n) is 29.5. The van der Waals surface area contributed by atoms with Gasteiger partial charge in [-0.2, -0.15) is 13.2 Å². The van der Waals surface area contributed by atoms with Gasteiger partial charge >= 0.3 is 12.2 Å². The predicted molar refractivity (Wildman–Crippen MR) is 195 cm³/mol. The monoisotopic (exact) mass is 731 g/mol. The van der Waals surface area contributed by atoms with Crippen LogP contribution in [0.15, 0.2) is 73.1 Å². The van der Waals surface area contributed by atoms with Crippen LogP contribution >= 0.6 is 0 Å². The number of benzene rings is 2. The van der Waals surface area contributed by atoms with E-state index >= 15 is 0 Å². The molecule has 0 atom stereocenters. The number of nitrogens with zero attached hydrogens (tertiary/aromatic N) is 5. The molecule has 16 heteroatoms. The van der Waals surface area contributed by atoms with Crippen LogP contribution in [-0.4, -0.2) is 79.6 Å². The summed E-state index contributed by atoms with van der Waals surface area (Å²) in [6.45, 7) is 2.56. The second-order valence-electron chi connectivity index (χ2n) is 12.8. The number of nitrogens with one attached hydrogen (secondary N) is 4. The van der Waals surface area contributed by atoms with E-state index in [0.29, 0.717) is 36.3 Å². The van der Waals surface area contributed by atoms with E-state index in [4.69, 9.17) is 4.74 Å². The van der Waals surface area contributed by atoms with E-state index in [2.05, 4.69) is 48.1 Å². The van der Waals surface area contributed by atoms with Gasteiger partial charge in [-0.3, -0.25) is 29.7 Å². The first kappa shape index (κ1) is 36.9. The third kappa shape index (κ3) is 8.60. The van der Waals surface area contributed by atoms with Gasteiger partial charge in [0.15, 0.2) is 0 Å². The molecule has 4 N–H and O–H groups in total. The molecule has 0 bridgehead atoms. The number of imide groups is 1. The fourth-order valence-electron chi connectivity index (χ4n) is 6.47. The lowest BCUT2D eigenvalue weighted by Gasteiger charge is -2.38. The van der Waals surface area contributed by atoms with Crippen molar-refractivity contribution in [2.45, 2.75) is 38.0 Å². The second-order valence-corrected chi connectivity index (χ2v) is 12.8. The molecule has 0 aliphatic carbocycles. The number of halogens is 3. The fraction of sp³-hybridized carbons (Fsp3) is 0.324. The van der Waals surface area contributed by atoms with Gasteiger partial charge in [0.05, 0.1) is 52.9 Å². The summed E-state index contributed by atoms with van der Waals surface area (Å²) in [7, 11) is 5.04. The lowest BCUT2D eigenvalue weighted by atomic mass is 10.0. The molecule has 13 nitrogen and oxygen atoms in total. The van der Waals surface area contributed by atoms with E-state index in [1.54, 1.807) is 24.4 Å². The lowest BCUT2D eigenvalue weighted by Crippen LogP contribution is -2.49. The van der Waals surface area contributed by atoms with E-state index in [9.17, 15) is 27.6 Å². The minimum absolute atomic E-state index is 0.144. The van der Waals surface area contributed by atoms with Gasteiger partial charge in [0.25, 0.3) is 5.91 Å². The van der Waals surface area contributed by atoms with Crippen molar-refractivity contribution >= 4 is 52.1 Å². The SMILES string of the molecule is CNC(=O)c1ccccc1Nc1cc(Nc2ccc(N3CCC(N(C)Cc4ccc(N5CCC(=O)NC5=O)cn4)CC3)cc2OC)ncc1C(F)(F)F. The van der Waals surface area contributed by atoms with Gasteiger partial charge in [0, 0.05) is 69.7 Å². The van der Waals surface area contributed by atoms with E-state index < -0.39 is 23.7 Å². The van der Waals surface area contributed by atoms with Crippen LogP contribution in [0.3, 0.4) is 0 Å². The van der Waals surface area contributed by atoms with Crippen molar-refractivity contribution in [3.8, 4) is 5.75 Å². The number of alkyl halides is 3. The Labute approximate surface area is 304 Å². The molecule has 53 heavy (non-hydrogen) atoms. The van der Waals surface area contributed by atoms with Crippen molar-refractivity contribution in [3.05, 3.63) is 89.9 Å². The first-order chi connectivity index (χ1) is 25.4. The maximum atomic E-state index is 14.0. The molecule has 4 heterocycles. The Hall–Kier alpha value is -5.90. The van der Waals surface area contributed by atoms with E-state index in [1.807, 2.05) is 24.3 Å². The largest absolute Gasteiger partial charge is 0.494 e. The summed E-state index contributed by atoms with van der Waals surface area (Å²) in [6.07, 6.45) is -0.218. The van der Waals surface area contributed by atoms with Gasteiger partial charge in [-0.1, -0.05) is 12.1 Å². The molecule has 278 valence electrons. The van der Waals surface area contributed by atoms with Gasteiger partial charge in [0.2, 0.25) is 5.91 Å². The first-order valence-electron chi connectivity index (χ1n) is 17.1. The Morgan fingerprint density at radius 3 is 2.38 bits per heavy atom. The number of urea groups is 1. The molecule has 0 saturated carbocycles. The number of pyridine rings is 2. The van der Waals surface area contributed by atoms with Crippen LogP contribution in [0.1, 0.15) is 40.9 Å². The van der Waals surface area contributed by atoms with Gasteiger partial charge < -0.3 is 25.6 Å². The summed E-state index contributed by atoms with van der Waals surface area (Å²) < 4.78 is 47.7. The van der Waals surface area contributed by atoms with Crippen LogP contribution in [0, 0.1) is 0 Å². The van der Waals surface area contributed by atoms with Crippen molar-refractivity contribution in [2.24, 2.45) is 0 Å². The number of aromatic nitrogens is 2. The van der Waals surface area contributed by atoms with Gasteiger partial charge in [-0.25, -0.2) is 9.78 Å². The summed E-state index contributed by atoms with van der Waals surface area (Å²) in [4.78, 5) is 50.6. The van der Waals surface area contributed by atoms with Gasteiger partial charge in [-0.15, -0.1) is 0 Å². The number of ether oxygens (including phenoxy) is 1. The van der Waals surface area contributed by atoms with E-state index in [0.717, 1.165) is 43.5 Å². The van der Waals surface area contributed by atoms with Crippen molar-refractivity contribution < 1.29 is 32.3 Å². The molecular formula is C37H40F3N9O4. The van der Waals surface area contributed by atoms with Crippen LogP contribution in [0.25, 0.3) is 0 Å². The van der Waals surface area contributed by atoms with Gasteiger partial charge in [-0.05, 0) is 56.3 Å². The van der Waals surface area contributed by atoms with Crippen LogP contribution in [0.2, 0.25) is 0 Å².